The molecule has 2 saturated heterocycles. The van der Waals surface area contributed by atoms with E-state index in [1.807, 2.05) is 6.07 Å². The first-order valence-electron chi connectivity index (χ1n) is 7.88. The molecule has 0 spiro atoms. The Morgan fingerprint density at radius 1 is 1.25 bits per heavy atom. The summed E-state index contributed by atoms with van der Waals surface area (Å²) < 4.78 is 13.9. The molecule has 20 heavy (non-hydrogen) atoms. The molecule has 1 aromatic rings. The van der Waals surface area contributed by atoms with Crippen LogP contribution in [0.1, 0.15) is 17.5 Å². The normalized spacial score (nSPS) is 33.6. The number of piperidine rings is 2. The van der Waals surface area contributed by atoms with E-state index in [1.54, 1.807) is 6.07 Å². The van der Waals surface area contributed by atoms with Crippen LogP contribution in [0.2, 0.25) is 0 Å². The van der Waals surface area contributed by atoms with E-state index < -0.39 is 0 Å². The molecule has 1 aromatic carbocycles. The van der Waals surface area contributed by atoms with Crippen molar-refractivity contribution in [1.82, 2.24) is 9.80 Å². The van der Waals surface area contributed by atoms with E-state index in [2.05, 4.69) is 22.9 Å². The highest BCUT2D eigenvalue weighted by Crippen LogP contribution is 2.45. The summed E-state index contributed by atoms with van der Waals surface area (Å²) in [5, 5.41) is 0. The van der Waals surface area contributed by atoms with Crippen LogP contribution in [0.15, 0.2) is 18.2 Å². The molecule has 3 heterocycles. The predicted molar refractivity (Wildman–Crippen MR) is 78.0 cm³/mol. The van der Waals surface area contributed by atoms with Gasteiger partial charge in [0, 0.05) is 38.3 Å². The van der Waals surface area contributed by atoms with Crippen molar-refractivity contribution in [3.63, 3.8) is 0 Å². The second-order valence-electron chi connectivity index (χ2n) is 7.00. The highest BCUT2D eigenvalue weighted by molar-refractivity contribution is 5.30. The molecular formula is C17H23FN2. The van der Waals surface area contributed by atoms with Gasteiger partial charge in [-0.1, -0.05) is 12.1 Å². The molecule has 0 N–H and O–H groups in total. The SMILES string of the molecule is CN1CC2CC(C1)C2CN1CCc2cccc(F)c2C1. The van der Waals surface area contributed by atoms with E-state index in [0.717, 1.165) is 42.8 Å². The van der Waals surface area contributed by atoms with Gasteiger partial charge in [-0.2, -0.15) is 0 Å². The third kappa shape index (κ3) is 2.08. The molecule has 3 aliphatic heterocycles. The fraction of sp³-hybridized carbons (Fsp3) is 0.647. The minimum absolute atomic E-state index is 0.0132. The van der Waals surface area contributed by atoms with Crippen LogP contribution in [0.4, 0.5) is 4.39 Å². The Balaban J connectivity index is 1.43. The van der Waals surface area contributed by atoms with Crippen LogP contribution in [0.3, 0.4) is 0 Å². The van der Waals surface area contributed by atoms with E-state index in [0.29, 0.717) is 0 Å². The first-order valence-corrected chi connectivity index (χ1v) is 7.88. The average Bonchev–Trinajstić information content (AvgIpc) is 2.45. The number of benzene rings is 1. The molecule has 4 aliphatic rings. The van der Waals surface area contributed by atoms with Gasteiger partial charge < -0.3 is 4.90 Å². The number of hydrogen-bond donors (Lipinski definition) is 0. The average molecular weight is 274 g/mol. The van der Waals surface area contributed by atoms with Gasteiger partial charge >= 0.3 is 0 Å². The Hall–Kier alpha value is -0.930. The van der Waals surface area contributed by atoms with E-state index in [-0.39, 0.29) is 5.82 Å². The van der Waals surface area contributed by atoms with Gasteiger partial charge in [-0.15, -0.1) is 0 Å². The minimum Gasteiger partial charge on any atom is -0.306 e. The molecule has 2 atom stereocenters. The van der Waals surface area contributed by atoms with Gasteiger partial charge in [0.25, 0.3) is 0 Å². The van der Waals surface area contributed by atoms with Crippen LogP contribution in [0, 0.1) is 23.6 Å². The Labute approximate surface area is 120 Å². The lowest BCUT2D eigenvalue weighted by molar-refractivity contribution is -0.0504. The molecule has 0 radical (unpaired) electrons. The smallest absolute Gasteiger partial charge is 0.127 e. The first-order chi connectivity index (χ1) is 9.70. The zero-order valence-corrected chi connectivity index (χ0v) is 12.2. The summed E-state index contributed by atoms with van der Waals surface area (Å²) >= 11 is 0. The number of halogens is 1. The highest BCUT2D eigenvalue weighted by atomic mass is 19.1. The quantitative estimate of drug-likeness (QED) is 0.817. The van der Waals surface area contributed by atoms with E-state index in [1.165, 1.54) is 31.6 Å². The number of rotatable bonds is 2. The van der Waals surface area contributed by atoms with Crippen molar-refractivity contribution in [3.8, 4) is 0 Å². The third-order valence-electron chi connectivity index (χ3n) is 5.67. The lowest BCUT2D eigenvalue weighted by atomic mass is 9.61. The van der Waals surface area contributed by atoms with Crippen molar-refractivity contribution >= 4 is 0 Å². The summed E-state index contributed by atoms with van der Waals surface area (Å²) in [5.41, 5.74) is 2.16. The molecular weight excluding hydrogens is 251 g/mol. The second-order valence-corrected chi connectivity index (χ2v) is 7.00. The zero-order chi connectivity index (χ0) is 13.7. The van der Waals surface area contributed by atoms with Gasteiger partial charge in [0.15, 0.2) is 0 Å². The third-order valence-corrected chi connectivity index (χ3v) is 5.67. The maximum Gasteiger partial charge on any atom is 0.127 e. The maximum absolute atomic E-state index is 13.9. The summed E-state index contributed by atoms with van der Waals surface area (Å²) in [6.07, 6.45) is 2.43. The molecule has 0 amide bonds. The molecule has 1 aliphatic carbocycles. The fourth-order valence-corrected chi connectivity index (χ4v) is 4.57. The predicted octanol–water partition coefficient (Wildman–Crippen LogP) is 2.38. The van der Waals surface area contributed by atoms with Crippen molar-refractivity contribution in [2.75, 3.05) is 33.2 Å². The van der Waals surface area contributed by atoms with Crippen LogP contribution >= 0.6 is 0 Å². The highest BCUT2D eigenvalue weighted by Gasteiger charge is 2.46. The van der Waals surface area contributed by atoms with Crippen LogP contribution in [0.25, 0.3) is 0 Å². The minimum atomic E-state index is -0.0132. The molecule has 2 unspecified atom stereocenters. The standard InChI is InChI=1S/C17H23FN2/c1-19-8-13-7-14(9-19)15(13)10-20-6-5-12-3-2-4-17(18)16(12)11-20/h2-4,13-15H,5-11H2,1H3. The maximum atomic E-state index is 13.9. The second kappa shape index (κ2) is 4.81. The molecule has 3 fully saturated rings. The Morgan fingerprint density at radius 3 is 2.85 bits per heavy atom. The summed E-state index contributed by atoms with van der Waals surface area (Å²) in [4.78, 5) is 4.96. The summed E-state index contributed by atoms with van der Waals surface area (Å²) in [7, 11) is 2.24. The fourth-order valence-electron chi connectivity index (χ4n) is 4.57. The van der Waals surface area contributed by atoms with Crippen molar-refractivity contribution in [3.05, 3.63) is 35.1 Å². The molecule has 108 valence electrons. The monoisotopic (exact) mass is 274 g/mol. The lowest BCUT2D eigenvalue weighted by Crippen LogP contribution is -2.57. The van der Waals surface area contributed by atoms with Crippen LogP contribution in [-0.2, 0) is 13.0 Å². The molecule has 2 nitrogen and oxygen atoms in total. The van der Waals surface area contributed by atoms with Crippen molar-refractivity contribution in [2.24, 2.45) is 17.8 Å². The van der Waals surface area contributed by atoms with Crippen molar-refractivity contribution in [1.29, 1.82) is 0 Å². The zero-order valence-electron chi connectivity index (χ0n) is 12.2. The van der Waals surface area contributed by atoms with Crippen molar-refractivity contribution < 1.29 is 4.39 Å². The Morgan fingerprint density at radius 2 is 2.05 bits per heavy atom. The van der Waals surface area contributed by atoms with E-state index in [4.69, 9.17) is 0 Å². The molecule has 1 saturated carbocycles. The lowest BCUT2D eigenvalue weighted by Gasteiger charge is -2.54. The molecule has 3 heteroatoms. The van der Waals surface area contributed by atoms with Gasteiger partial charge in [0.1, 0.15) is 5.82 Å². The number of nitrogens with zero attached hydrogens (tertiary/aromatic N) is 2. The first kappa shape index (κ1) is 12.8. The largest absolute Gasteiger partial charge is 0.306 e. The van der Waals surface area contributed by atoms with Gasteiger partial charge in [0.05, 0.1) is 0 Å². The molecule has 2 bridgehead atoms. The van der Waals surface area contributed by atoms with Gasteiger partial charge in [0.2, 0.25) is 0 Å². The summed E-state index contributed by atoms with van der Waals surface area (Å²) in [6, 6.07) is 5.54. The van der Waals surface area contributed by atoms with Crippen molar-refractivity contribution in [2.45, 2.75) is 19.4 Å². The molecule has 5 rings (SSSR count). The topological polar surface area (TPSA) is 6.48 Å². The number of hydrogen-bond acceptors (Lipinski definition) is 2. The van der Waals surface area contributed by atoms with Gasteiger partial charge in [-0.05, 0) is 49.3 Å². The molecule has 0 aromatic heterocycles. The Kier molecular flexibility index (Phi) is 3.08. The van der Waals surface area contributed by atoms with Crippen LogP contribution < -0.4 is 0 Å². The van der Waals surface area contributed by atoms with E-state index >= 15 is 0 Å². The van der Waals surface area contributed by atoms with Crippen LogP contribution in [0.5, 0.6) is 0 Å². The number of fused-ring (bicyclic) bond motifs is 3. The van der Waals surface area contributed by atoms with Crippen LogP contribution in [-0.4, -0.2) is 43.0 Å². The van der Waals surface area contributed by atoms with Gasteiger partial charge in [-0.25, -0.2) is 4.39 Å². The summed E-state index contributed by atoms with van der Waals surface area (Å²) in [5.74, 6) is 2.63. The summed E-state index contributed by atoms with van der Waals surface area (Å²) in [6.45, 7) is 5.62. The Bertz CT molecular complexity index is 504. The van der Waals surface area contributed by atoms with Gasteiger partial charge in [-0.3, -0.25) is 4.90 Å². The van der Waals surface area contributed by atoms with E-state index in [9.17, 15) is 4.39 Å².